The lowest BCUT2D eigenvalue weighted by molar-refractivity contribution is -0.138. The fourth-order valence-electron chi connectivity index (χ4n) is 4.27. The zero-order valence-corrected chi connectivity index (χ0v) is 22.4. The third-order valence-electron chi connectivity index (χ3n) is 6.71. The van der Waals surface area contributed by atoms with Gasteiger partial charge in [-0.15, -0.1) is 0 Å². The molecule has 0 aromatic heterocycles. The van der Waals surface area contributed by atoms with Gasteiger partial charge in [-0.3, -0.25) is 9.59 Å². The number of hydrogen-bond acceptors (Lipinski definition) is 6. The molecule has 2 fully saturated rings. The molecular weight excluding hydrogens is 513 g/mol. The zero-order chi connectivity index (χ0) is 28.4. The fraction of sp³-hybridized carbons (Fsp3) is 0.500. The minimum atomic E-state index is -4.49. The van der Waals surface area contributed by atoms with Crippen molar-refractivity contribution in [3.8, 4) is 0 Å². The number of alkyl halides is 3. The van der Waals surface area contributed by atoms with Crippen molar-refractivity contribution in [3.63, 3.8) is 0 Å². The smallest absolute Gasteiger partial charge is 0.416 e. The van der Waals surface area contributed by atoms with E-state index in [0.717, 1.165) is 42.0 Å². The summed E-state index contributed by atoms with van der Waals surface area (Å²) < 4.78 is 49.1. The van der Waals surface area contributed by atoms with Crippen LogP contribution in [0.1, 0.15) is 29.3 Å². The first-order chi connectivity index (χ1) is 18.6. The molecule has 1 aliphatic heterocycles. The summed E-state index contributed by atoms with van der Waals surface area (Å²) in [6.07, 6.45) is 2.23. The number of carbonyl (C=O) groups excluding carboxylic acids is 2. The molecule has 1 aromatic rings. The Bertz CT molecular complexity index is 1050. The molecule has 1 aliphatic carbocycles. The van der Waals surface area contributed by atoms with Crippen LogP contribution >= 0.6 is 0 Å². The number of nitrogens with one attached hydrogen (secondary N) is 3. The average molecular weight is 551 g/mol. The number of nitrogens with zero attached hydrogens (tertiary/aromatic N) is 1. The van der Waals surface area contributed by atoms with E-state index in [-0.39, 0.29) is 18.0 Å². The van der Waals surface area contributed by atoms with Crippen LogP contribution < -0.4 is 16.0 Å². The van der Waals surface area contributed by atoms with Crippen molar-refractivity contribution in [2.24, 2.45) is 5.92 Å². The molecule has 3 N–H and O–H groups in total. The minimum absolute atomic E-state index is 0.0468. The van der Waals surface area contributed by atoms with Crippen molar-refractivity contribution in [3.05, 3.63) is 71.5 Å². The van der Waals surface area contributed by atoms with Crippen molar-refractivity contribution < 1.29 is 32.2 Å². The summed E-state index contributed by atoms with van der Waals surface area (Å²) in [7, 11) is 1.62. The molecule has 214 valence electrons. The number of rotatable bonds is 13. The average Bonchev–Trinajstić information content (AvgIpc) is 3.72. The Morgan fingerprint density at radius 3 is 2.49 bits per heavy atom. The molecule has 1 saturated carbocycles. The van der Waals surface area contributed by atoms with Gasteiger partial charge < -0.3 is 30.3 Å². The fourth-order valence-corrected chi connectivity index (χ4v) is 4.27. The number of methoxy groups -OCH3 is 1. The molecule has 1 saturated heterocycles. The van der Waals surface area contributed by atoms with E-state index in [1.54, 1.807) is 12.0 Å². The lowest BCUT2D eigenvalue weighted by atomic mass is 10.1. The van der Waals surface area contributed by atoms with Crippen molar-refractivity contribution in [2.45, 2.75) is 31.6 Å². The van der Waals surface area contributed by atoms with Gasteiger partial charge in [-0.2, -0.15) is 13.2 Å². The van der Waals surface area contributed by atoms with Crippen LogP contribution in [0.15, 0.2) is 60.4 Å². The van der Waals surface area contributed by atoms with E-state index in [2.05, 4.69) is 22.5 Å². The third kappa shape index (κ3) is 9.22. The molecule has 0 bridgehead atoms. The van der Waals surface area contributed by atoms with E-state index in [1.807, 2.05) is 25.2 Å². The quantitative estimate of drug-likeness (QED) is 0.199. The van der Waals surface area contributed by atoms with E-state index in [0.29, 0.717) is 51.4 Å². The van der Waals surface area contributed by atoms with Crippen molar-refractivity contribution in [2.75, 3.05) is 53.0 Å². The summed E-state index contributed by atoms with van der Waals surface area (Å²) in [5.41, 5.74) is 0.230. The molecule has 0 spiro atoms. The van der Waals surface area contributed by atoms with Gasteiger partial charge in [-0.25, -0.2) is 0 Å². The highest BCUT2D eigenvalue weighted by Gasteiger charge is 2.37. The second kappa shape index (κ2) is 14.3. The summed E-state index contributed by atoms with van der Waals surface area (Å²) >= 11 is 0. The molecule has 3 atom stereocenters. The van der Waals surface area contributed by atoms with Crippen molar-refractivity contribution >= 4 is 11.8 Å². The van der Waals surface area contributed by atoms with Gasteiger partial charge in [0.05, 0.1) is 25.9 Å². The summed E-state index contributed by atoms with van der Waals surface area (Å²) in [5, 5.41) is 9.35. The Labute approximate surface area is 227 Å². The van der Waals surface area contributed by atoms with Crippen LogP contribution in [0, 0.1) is 5.92 Å². The van der Waals surface area contributed by atoms with E-state index in [9.17, 15) is 22.8 Å². The van der Waals surface area contributed by atoms with Gasteiger partial charge in [-0.05, 0) is 49.8 Å². The summed E-state index contributed by atoms with van der Waals surface area (Å²) in [5.74, 6) is 0.255. The molecule has 2 amide bonds. The predicted molar refractivity (Wildman–Crippen MR) is 142 cm³/mol. The topological polar surface area (TPSA) is 91.9 Å². The maximum atomic E-state index is 13.1. The number of allylic oxidation sites excluding steroid dienone is 3. The van der Waals surface area contributed by atoms with Crippen LogP contribution in [0.2, 0.25) is 0 Å². The third-order valence-corrected chi connectivity index (χ3v) is 6.71. The first-order valence-electron chi connectivity index (χ1n) is 13.0. The number of benzene rings is 1. The molecule has 2 aliphatic rings. The van der Waals surface area contributed by atoms with E-state index >= 15 is 0 Å². The molecule has 0 radical (unpaired) electrons. The monoisotopic (exact) mass is 550 g/mol. The lowest BCUT2D eigenvalue weighted by Gasteiger charge is -2.31. The molecule has 3 rings (SSSR count). The maximum absolute atomic E-state index is 13.1. The Kier molecular flexibility index (Phi) is 11.1. The largest absolute Gasteiger partial charge is 0.497 e. The number of carbonyl (C=O) groups is 2. The number of morpholine rings is 1. The van der Waals surface area contributed by atoms with Crippen molar-refractivity contribution in [1.29, 1.82) is 0 Å². The Morgan fingerprint density at radius 2 is 1.87 bits per heavy atom. The van der Waals surface area contributed by atoms with Gasteiger partial charge in [0, 0.05) is 50.2 Å². The second-order valence-corrected chi connectivity index (χ2v) is 9.45. The van der Waals surface area contributed by atoms with Crippen LogP contribution in [0.3, 0.4) is 0 Å². The number of halogens is 3. The predicted octanol–water partition coefficient (Wildman–Crippen LogP) is 2.89. The normalized spacial score (nSPS) is 20.5. The molecule has 39 heavy (non-hydrogen) atoms. The molecule has 8 nitrogen and oxygen atoms in total. The van der Waals surface area contributed by atoms with Gasteiger partial charge in [0.2, 0.25) is 5.91 Å². The first-order valence-corrected chi connectivity index (χ1v) is 13.0. The van der Waals surface area contributed by atoms with Crippen LogP contribution in [0.4, 0.5) is 13.2 Å². The van der Waals surface area contributed by atoms with Crippen LogP contribution in [-0.4, -0.2) is 81.8 Å². The molecule has 1 unspecified atom stereocenters. The number of hydrogen-bond donors (Lipinski definition) is 3. The second-order valence-electron chi connectivity index (χ2n) is 9.45. The van der Waals surface area contributed by atoms with Crippen LogP contribution in [0.25, 0.3) is 0 Å². The van der Waals surface area contributed by atoms with Gasteiger partial charge in [-0.1, -0.05) is 18.2 Å². The minimum Gasteiger partial charge on any atom is -0.497 e. The summed E-state index contributed by atoms with van der Waals surface area (Å²) in [4.78, 5) is 27.5. The lowest BCUT2D eigenvalue weighted by Crippen LogP contribution is -2.55. The molecule has 1 aromatic carbocycles. The van der Waals surface area contributed by atoms with E-state index in [4.69, 9.17) is 9.47 Å². The summed E-state index contributed by atoms with van der Waals surface area (Å²) in [6.45, 7) is 9.07. The Balaban J connectivity index is 1.49. The van der Waals surface area contributed by atoms with Gasteiger partial charge in [0.25, 0.3) is 5.91 Å². The van der Waals surface area contributed by atoms with Crippen molar-refractivity contribution in [1.82, 2.24) is 20.9 Å². The molecular formula is C28H37F3N4O4. The SMILES string of the molecule is C=C(/C=C\C(=C/C)OC)[C@@H]1CC1NCCNC[C@H](NC(=O)c1ccc(C(F)(F)F)cc1)C(=O)N1CCOCC1. The van der Waals surface area contributed by atoms with Crippen LogP contribution in [0.5, 0.6) is 0 Å². The highest BCUT2D eigenvalue weighted by Crippen LogP contribution is 2.37. The number of ether oxygens (including phenoxy) is 2. The highest BCUT2D eigenvalue weighted by atomic mass is 19.4. The summed E-state index contributed by atoms with van der Waals surface area (Å²) in [6, 6.07) is 3.36. The van der Waals surface area contributed by atoms with E-state index in [1.165, 1.54) is 0 Å². The maximum Gasteiger partial charge on any atom is 0.416 e. The van der Waals surface area contributed by atoms with Gasteiger partial charge >= 0.3 is 6.18 Å². The molecule has 1 heterocycles. The highest BCUT2D eigenvalue weighted by molar-refractivity contribution is 5.97. The van der Waals surface area contributed by atoms with E-state index < -0.39 is 23.7 Å². The molecule has 11 heteroatoms. The van der Waals surface area contributed by atoms with Crippen LogP contribution in [-0.2, 0) is 20.4 Å². The Morgan fingerprint density at radius 1 is 1.18 bits per heavy atom. The van der Waals surface area contributed by atoms with Gasteiger partial charge in [0.1, 0.15) is 11.8 Å². The Hall–Kier alpha value is -3.15. The number of amides is 2. The van der Waals surface area contributed by atoms with Gasteiger partial charge in [0.15, 0.2) is 0 Å². The zero-order valence-electron chi connectivity index (χ0n) is 22.4. The first kappa shape index (κ1) is 30.4. The standard InChI is InChI=1S/C28H37F3N4O4/c1-4-22(38-3)10-5-19(2)23-17-24(23)33-12-11-32-18-25(27(37)35-13-15-39-16-14-35)34-26(36)20-6-8-21(9-7-20)28(29,30)31/h4-10,23-25,32-33H,2,11-18H2,1,3H3,(H,34,36)/b10-5-,22-4+/t23-,24?,25-/m0/s1.